The molecule has 0 aromatic heterocycles. The Hall–Kier alpha value is -2.73. The van der Waals surface area contributed by atoms with E-state index in [2.05, 4.69) is 42.2 Å². The molecule has 6 nitrogen and oxygen atoms in total. The molecule has 0 amide bonds. The summed E-state index contributed by atoms with van der Waals surface area (Å²) in [6.07, 6.45) is 1.84. The van der Waals surface area contributed by atoms with Gasteiger partial charge in [0, 0.05) is 11.1 Å². The number of piperazine rings is 1. The van der Waals surface area contributed by atoms with Crippen molar-refractivity contribution in [2.45, 2.75) is 20.4 Å². The second-order valence-corrected chi connectivity index (χ2v) is 7.48. The van der Waals surface area contributed by atoms with Crippen LogP contribution in [-0.2, 0) is 6.54 Å². The fourth-order valence-electron chi connectivity index (χ4n) is 3.79. The zero-order valence-electron chi connectivity index (χ0n) is 18.1. The zero-order chi connectivity index (χ0) is 20.8. The molecular formula is C23H32N3O3+. The number of methoxy groups -OCH3 is 3. The minimum Gasteiger partial charge on any atom is -0.493 e. The predicted molar refractivity (Wildman–Crippen MR) is 116 cm³/mol. The molecule has 0 bridgehead atoms. The van der Waals surface area contributed by atoms with E-state index in [-0.39, 0.29) is 0 Å². The Labute approximate surface area is 173 Å². The third kappa shape index (κ3) is 5.01. The smallest absolute Gasteiger partial charge is 0.203 e. The van der Waals surface area contributed by atoms with Crippen molar-refractivity contribution in [3.8, 4) is 17.2 Å². The Morgan fingerprint density at radius 2 is 1.69 bits per heavy atom. The van der Waals surface area contributed by atoms with E-state index < -0.39 is 0 Å². The summed E-state index contributed by atoms with van der Waals surface area (Å²) in [4.78, 5) is 1.60. The lowest BCUT2D eigenvalue weighted by atomic mass is 10.1. The van der Waals surface area contributed by atoms with Crippen molar-refractivity contribution in [3.63, 3.8) is 0 Å². The highest BCUT2D eigenvalue weighted by atomic mass is 16.5. The lowest BCUT2D eigenvalue weighted by Gasteiger charge is -2.30. The van der Waals surface area contributed by atoms with Gasteiger partial charge in [0.25, 0.3) is 0 Å². The van der Waals surface area contributed by atoms with Gasteiger partial charge in [0.2, 0.25) is 5.75 Å². The summed E-state index contributed by atoms with van der Waals surface area (Å²) in [5.74, 6) is 1.86. The molecule has 1 N–H and O–H groups in total. The molecule has 1 heterocycles. The predicted octanol–water partition coefficient (Wildman–Crippen LogP) is 2.06. The summed E-state index contributed by atoms with van der Waals surface area (Å²) in [7, 11) is 4.86. The van der Waals surface area contributed by atoms with Crippen LogP contribution in [-0.4, -0.2) is 58.7 Å². The minimum absolute atomic E-state index is 0.585. The van der Waals surface area contributed by atoms with Crippen molar-refractivity contribution in [1.82, 2.24) is 5.01 Å². The molecule has 0 atom stereocenters. The average Bonchev–Trinajstić information content (AvgIpc) is 2.74. The highest BCUT2D eigenvalue weighted by molar-refractivity contribution is 5.86. The summed E-state index contributed by atoms with van der Waals surface area (Å²) in [6, 6.07) is 10.6. The van der Waals surface area contributed by atoms with Crippen LogP contribution >= 0.6 is 0 Å². The van der Waals surface area contributed by atoms with E-state index in [0.29, 0.717) is 17.2 Å². The van der Waals surface area contributed by atoms with Gasteiger partial charge in [-0.15, -0.1) is 0 Å². The van der Waals surface area contributed by atoms with Gasteiger partial charge in [-0.05, 0) is 31.5 Å². The minimum atomic E-state index is 0.585. The first-order valence-corrected chi connectivity index (χ1v) is 10.0. The van der Waals surface area contributed by atoms with Crippen molar-refractivity contribution < 1.29 is 19.1 Å². The molecule has 1 saturated heterocycles. The largest absolute Gasteiger partial charge is 0.493 e. The maximum atomic E-state index is 5.53. The number of rotatable bonds is 7. The van der Waals surface area contributed by atoms with Gasteiger partial charge in [0.15, 0.2) is 11.5 Å². The van der Waals surface area contributed by atoms with Crippen LogP contribution in [0.25, 0.3) is 0 Å². The summed E-state index contributed by atoms with van der Waals surface area (Å²) in [6.45, 7) is 9.46. The van der Waals surface area contributed by atoms with E-state index in [1.165, 1.54) is 16.7 Å². The van der Waals surface area contributed by atoms with Crippen molar-refractivity contribution >= 4 is 6.21 Å². The molecule has 2 aromatic rings. The number of aryl methyl sites for hydroxylation is 2. The number of hydrogen-bond donors (Lipinski definition) is 1. The van der Waals surface area contributed by atoms with Crippen LogP contribution in [0.15, 0.2) is 35.4 Å². The molecule has 0 unspecified atom stereocenters. The van der Waals surface area contributed by atoms with Crippen molar-refractivity contribution in [2.24, 2.45) is 5.10 Å². The quantitative estimate of drug-likeness (QED) is 0.726. The van der Waals surface area contributed by atoms with Crippen molar-refractivity contribution in [2.75, 3.05) is 47.5 Å². The van der Waals surface area contributed by atoms with Crippen LogP contribution in [0.1, 0.15) is 22.3 Å². The second kappa shape index (κ2) is 9.65. The van der Waals surface area contributed by atoms with Gasteiger partial charge < -0.3 is 19.1 Å². The van der Waals surface area contributed by atoms with E-state index >= 15 is 0 Å². The first-order chi connectivity index (χ1) is 14.0. The Balaban J connectivity index is 1.61. The molecule has 1 aliphatic heterocycles. The summed E-state index contributed by atoms with van der Waals surface area (Å²) >= 11 is 0. The van der Waals surface area contributed by atoms with Crippen molar-refractivity contribution in [1.29, 1.82) is 0 Å². The molecule has 3 rings (SSSR count). The van der Waals surface area contributed by atoms with Gasteiger partial charge in [0.05, 0.1) is 53.7 Å². The second-order valence-electron chi connectivity index (χ2n) is 7.48. The fourth-order valence-corrected chi connectivity index (χ4v) is 3.79. The fraction of sp³-hybridized carbons (Fsp3) is 0.435. The number of quaternary nitrogens is 1. The highest BCUT2D eigenvalue weighted by Crippen LogP contribution is 2.39. The van der Waals surface area contributed by atoms with Gasteiger partial charge in [0.1, 0.15) is 6.54 Å². The van der Waals surface area contributed by atoms with Crippen molar-refractivity contribution in [3.05, 3.63) is 52.6 Å². The third-order valence-corrected chi connectivity index (χ3v) is 5.48. The van der Waals surface area contributed by atoms with Gasteiger partial charge in [-0.1, -0.05) is 23.8 Å². The monoisotopic (exact) mass is 398 g/mol. The lowest BCUT2D eigenvalue weighted by Crippen LogP contribution is -3.13. The Morgan fingerprint density at radius 1 is 0.966 bits per heavy atom. The third-order valence-electron chi connectivity index (χ3n) is 5.48. The molecule has 0 radical (unpaired) electrons. The molecule has 0 spiro atoms. The van der Waals surface area contributed by atoms with Crippen LogP contribution in [0.4, 0.5) is 0 Å². The molecule has 1 fully saturated rings. The molecule has 1 aliphatic rings. The van der Waals surface area contributed by atoms with Gasteiger partial charge in [-0.25, -0.2) is 0 Å². The molecule has 6 heteroatoms. The first kappa shape index (κ1) is 21.0. The van der Waals surface area contributed by atoms with E-state index in [4.69, 9.17) is 14.2 Å². The van der Waals surface area contributed by atoms with Gasteiger partial charge in [-0.2, -0.15) is 5.10 Å². The first-order valence-electron chi connectivity index (χ1n) is 10.0. The number of hydrogen-bond acceptors (Lipinski definition) is 5. The Bertz CT molecular complexity index is 859. The Morgan fingerprint density at radius 3 is 2.31 bits per heavy atom. The number of benzene rings is 2. The SMILES string of the molecule is COc1ccc(/C=N\N2CC[NH+](Cc3ccc(C)cc3C)CC2)c(OC)c1OC. The highest BCUT2D eigenvalue weighted by Gasteiger charge is 2.20. The van der Waals surface area contributed by atoms with E-state index in [1.807, 2.05) is 18.3 Å². The number of hydrazone groups is 1. The van der Waals surface area contributed by atoms with E-state index in [1.54, 1.807) is 26.2 Å². The van der Waals surface area contributed by atoms with Crippen LogP contribution in [0.5, 0.6) is 17.2 Å². The summed E-state index contributed by atoms with van der Waals surface area (Å²) < 4.78 is 16.3. The summed E-state index contributed by atoms with van der Waals surface area (Å²) in [5, 5.41) is 6.81. The zero-order valence-corrected chi connectivity index (χ0v) is 18.1. The number of nitrogens with zero attached hydrogens (tertiary/aromatic N) is 2. The van der Waals surface area contributed by atoms with E-state index in [0.717, 1.165) is 38.3 Å². The Kier molecular flexibility index (Phi) is 6.99. The molecular weight excluding hydrogens is 366 g/mol. The normalized spacial score (nSPS) is 15.0. The molecule has 0 aliphatic carbocycles. The molecule has 0 saturated carbocycles. The lowest BCUT2D eigenvalue weighted by molar-refractivity contribution is -0.918. The van der Waals surface area contributed by atoms with Gasteiger partial charge in [-0.3, -0.25) is 5.01 Å². The molecule has 29 heavy (non-hydrogen) atoms. The number of ether oxygens (including phenoxy) is 3. The van der Waals surface area contributed by atoms with Crippen LogP contribution in [0, 0.1) is 13.8 Å². The number of nitrogens with one attached hydrogen (secondary N) is 1. The maximum absolute atomic E-state index is 5.53. The van der Waals surface area contributed by atoms with Crippen LogP contribution < -0.4 is 19.1 Å². The van der Waals surface area contributed by atoms with Gasteiger partial charge >= 0.3 is 0 Å². The topological polar surface area (TPSA) is 47.7 Å². The maximum Gasteiger partial charge on any atom is 0.203 e. The summed E-state index contributed by atoms with van der Waals surface area (Å²) in [5.41, 5.74) is 5.03. The average molecular weight is 399 g/mol. The molecule has 156 valence electrons. The van der Waals surface area contributed by atoms with Crippen LogP contribution in [0.2, 0.25) is 0 Å². The van der Waals surface area contributed by atoms with Crippen LogP contribution in [0.3, 0.4) is 0 Å². The van der Waals surface area contributed by atoms with E-state index in [9.17, 15) is 0 Å². The molecule has 2 aromatic carbocycles. The standard InChI is InChI=1S/C23H31N3O3/c1-17-6-7-20(18(2)14-17)16-25-10-12-26(13-11-25)24-15-19-8-9-21(27-3)23(29-5)22(19)28-4/h6-9,14-15H,10-13,16H2,1-5H3/p+1/b24-15-.